The maximum atomic E-state index is 6.16. The Balaban J connectivity index is 1.41. The van der Waals surface area contributed by atoms with Gasteiger partial charge in [-0.05, 0) is 48.6 Å². The number of hydrogen-bond donors (Lipinski definition) is 0. The van der Waals surface area contributed by atoms with Gasteiger partial charge in [0, 0.05) is 56.4 Å². The van der Waals surface area contributed by atoms with E-state index in [9.17, 15) is 0 Å². The molecule has 2 fully saturated rings. The lowest BCUT2D eigenvalue weighted by atomic mass is 9.73. The van der Waals surface area contributed by atoms with E-state index in [1.807, 2.05) is 24.7 Å². The van der Waals surface area contributed by atoms with Gasteiger partial charge in [0.1, 0.15) is 0 Å². The minimum atomic E-state index is 0.103. The number of aromatic nitrogens is 2. The molecule has 2 aromatic heterocycles. The minimum absolute atomic E-state index is 0.103. The van der Waals surface area contributed by atoms with Gasteiger partial charge in [0.25, 0.3) is 0 Å². The largest absolute Gasteiger partial charge is 0.377 e. The third-order valence-electron chi connectivity index (χ3n) is 5.60. The zero-order valence-electron chi connectivity index (χ0n) is 15.2. The van der Waals surface area contributed by atoms with E-state index in [1.165, 1.54) is 12.0 Å². The van der Waals surface area contributed by atoms with Crippen molar-refractivity contribution in [2.75, 3.05) is 26.3 Å². The average Bonchev–Trinajstić information content (AvgIpc) is 2.69. The summed E-state index contributed by atoms with van der Waals surface area (Å²) in [5.74, 6) is 0. The van der Waals surface area contributed by atoms with E-state index in [-0.39, 0.29) is 5.41 Å². The zero-order valence-corrected chi connectivity index (χ0v) is 15.2. The second kappa shape index (κ2) is 8.25. The summed E-state index contributed by atoms with van der Waals surface area (Å²) in [4.78, 5) is 10.8. The highest BCUT2D eigenvalue weighted by Gasteiger charge is 2.46. The van der Waals surface area contributed by atoms with Gasteiger partial charge in [0.2, 0.25) is 0 Å². The maximum Gasteiger partial charge on any atom is 0.0732 e. The van der Waals surface area contributed by atoms with Gasteiger partial charge in [-0.25, -0.2) is 0 Å². The van der Waals surface area contributed by atoms with Crippen molar-refractivity contribution in [2.24, 2.45) is 5.41 Å². The average molecular weight is 353 g/mol. The van der Waals surface area contributed by atoms with E-state index in [4.69, 9.17) is 9.47 Å². The first-order chi connectivity index (χ1) is 12.8. The number of fused-ring (bicyclic) bond motifs is 1. The molecule has 0 radical (unpaired) electrons. The number of hydrogen-bond acceptors (Lipinski definition) is 5. The number of likely N-dealkylation sites (tertiary alicyclic amines) is 1. The molecule has 138 valence electrons. The third-order valence-corrected chi connectivity index (χ3v) is 5.60. The van der Waals surface area contributed by atoms with E-state index >= 15 is 0 Å². The number of ether oxygens (including phenoxy) is 2. The molecule has 2 aliphatic heterocycles. The first-order valence-electron chi connectivity index (χ1n) is 9.54. The molecule has 26 heavy (non-hydrogen) atoms. The molecule has 2 atom stereocenters. The van der Waals surface area contributed by atoms with Crippen LogP contribution in [-0.4, -0.2) is 47.3 Å². The molecule has 0 bridgehead atoms. The third kappa shape index (κ3) is 4.11. The first kappa shape index (κ1) is 17.6. The Morgan fingerprint density at radius 2 is 2.08 bits per heavy atom. The predicted molar refractivity (Wildman–Crippen MR) is 99.4 cm³/mol. The molecule has 2 aromatic rings. The summed E-state index contributed by atoms with van der Waals surface area (Å²) in [5.41, 5.74) is 2.55. The van der Waals surface area contributed by atoms with E-state index in [1.54, 1.807) is 6.20 Å². The Bertz CT molecular complexity index is 682. The van der Waals surface area contributed by atoms with Crippen LogP contribution >= 0.6 is 0 Å². The van der Waals surface area contributed by atoms with Crippen LogP contribution in [0.2, 0.25) is 0 Å². The fraction of sp³-hybridized carbons (Fsp3) is 0.524. The van der Waals surface area contributed by atoms with Crippen LogP contribution < -0.4 is 0 Å². The quantitative estimate of drug-likeness (QED) is 0.799. The molecular formula is C21H27N3O2. The zero-order chi connectivity index (χ0) is 17.7. The van der Waals surface area contributed by atoms with Crippen LogP contribution in [0.15, 0.2) is 49.1 Å². The van der Waals surface area contributed by atoms with Gasteiger partial charge in [-0.15, -0.1) is 0 Å². The van der Waals surface area contributed by atoms with Gasteiger partial charge in [0.05, 0.1) is 19.3 Å². The number of nitrogens with zero attached hydrogens (tertiary/aromatic N) is 3. The molecule has 0 amide bonds. The molecule has 0 aromatic carbocycles. The Labute approximate surface area is 155 Å². The van der Waals surface area contributed by atoms with E-state index < -0.39 is 0 Å². The molecule has 4 rings (SSSR count). The second-order valence-corrected chi connectivity index (χ2v) is 7.53. The summed E-state index contributed by atoms with van der Waals surface area (Å²) >= 11 is 0. The smallest absolute Gasteiger partial charge is 0.0732 e. The van der Waals surface area contributed by atoms with Gasteiger partial charge in [-0.1, -0.05) is 6.07 Å². The fourth-order valence-electron chi connectivity index (χ4n) is 4.33. The number of piperidine rings is 1. The number of rotatable bonds is 6. The van der Waals surface area contributed by atoms with Crippen molar-refractivity contribution in [3.63, 3.8) is 0 Å². The van der Waals surface area contributed by atoms with Crippen LogP contribution in [0.5, 0.6) is 0 Å². The summed E-state index contributed by atoms with van der Waals surface area (Å²) in [5, 5.41) is 0. The fourth-order valence-corrected chi connectivity index (χ4v) is 4.33. The summed E-state index contributed by atoms with van der Waals surface area (Å²) in [6, 6.07) is 8.24. The lowest BCUT2D eigenvalue weighted by Gasteiger charge is -2.50. The summed E-state index contributed by atoms with van der Waals surface area (Å²) in [6.45, 7) is 5.34. The Kier molecular flexibility index (Phi) is 5.58. The normalized spacial score (nSPS) is 26.4. The van der Waals surface area contributed by atoms with Crippen LogP contribution in [0.4, 0.5) is 0 Å². The van der Waals surface area contributed by atoms with Crippen LogP contribution in [0.25, 0.3) is 0 Å². The van der Waals surface area contributed by atoms with Crippen LogP contribution in [0.1, 0.15) is 30.4 Å². The molecule has 0 spiro atoms. The molecule has 5 nitrogen and oxygen atoms in total. The summed E-state index contributed by atoms with van der Waals surface area (Å²) in [7, 11) is 0. The maximum absolute atomic E-state index is 6.16. The lowest BCUT2D eigenvalue weighted by molar-refractivity contribution is -0.155. The molecule has 0 aliphatic carbocycles. The van der Waals surface area contributed by atoms with Gasteiger partial charge < -0.3 is 9.47 Å². The monoisotopic (exact) mass is 353 g/mol. The van der Waals surface area contributed by atoms with E-state index in [0.29, 0.717) is 12.7 Å². The first-order valence-corrected chi connectivity index (χ1v) is 9.54. The lowest BCUT2D eigenvalue weighted by Crippen LogP contribution is -2.56. The molecule has 4 heterocycles. The van der Waals surface area contributed by atoms with Crippen molar-refractivity contribution in [3.8, 4) is 0 Å². The van der Waals surface area contributed by atoms with Gasteiger partial charge in [0.15, 0.2) is 0 Å². The van der Waals surface area contributed by atoms with Crippen LogP contribution in [0, 0.1) is 5.41 Å². The van der Waals surface area contributed by atoms with E-state index in [2.05, 4.69) is 33.1 Å². The minimum Gasteiger partial charge on any atom is -0.377 e. The predicted octanol–water partition coefficient (Wildman–Crippen LogP) is 3.06. The highest BCUT2D eigenvalue weighted by molar-refractivity contribution is 5.10. The van der Waals surface area contributed by atoms with E-state index in [0.717, 1.165) is 51.3 Å². The molecule has 0 N–H and O–H groups in total. The molecule has 2 unspecified atom stereocenters. The molecule has 0 saturated carbocycles. The van der Waals surface area contributed by atoms with Crippen LogP contribution in [0.3, 0.4) is 0 Å². The Morgan fingerprint density at radius 1 is 1.15 bits per heavy atom. The van der Waals surface area contributed by atoms with Crippen molar-refractivity contribution in [1.82, 2.24) is 14.9 Å². The van der Waals surface area contributed by atoms with Gasteiger partial charge in [-0.3, -0.25) is 14.9 Å². The second-order valence-electron chi connectivity index (χ2n) is 7.53. The summed E-state index contributed by atoms with van der Waals surface area (Å²) in [6.07, 6.45) is 11.1. The van der Waals surface area contributed by atoms with Crippen molar-refractivity contribution in [3.05, 3.63) is 60.2 Å². The topological polar surface area (TPSA) is 47.5 Å². The standard InChI is InChI=1S/C21H27N3O2/c1-3-19(13-23-8-1)15-25-17-21-7-2-12-26-20(21)6-11-24(16-21)14-18-4-9-22-10-5-18/h1,3-5,8-10,13,20H,2,6-7,11-12,14-17H2. The SMILES string of the molecule is c1cncc(COCC23CCCOC2CCN(Cc2ccncc2)C3)c1. The summed E-state index contributed by atoms with van der Waals surface area (Å²) < 4.78 is 12.3. The van der Waals surface area contributed by atoms with Crippen LogP contribution in [-0.2, 0) is 22.6 Å². The van der Waals surface area contributed by atoms with Gasteiger partial charge in [-0.2, -0.15) is 0 Å². The molecular weight excluding hydrogens is 326 g/mol. The molecule has 2 saturated heterocycles. The van der Waals surface area contributed by atoms with Crippen molar-refractivity contribution < 1.29 is 9.47 Å². The van der Waals surface area contributed by atoms with Crippen molar-refractivity contribution >= 4 is 0 Å². The van der Waals surface area contributed by atoms with Crippen molar-refractivity contribution in [1.29, 1.82) is 0 Å². The highest BCUT2D eigenvalue weighted by Crippen LogP contribution is 2.41. The molecule has 2 aliphatic rings. The highest BCUT2D eigenvalue weighted by atomic mass is 16.5. The van der Waals surface area contributed by atoms with Gasteiger partial charge >= 0.3 is 0 Å². The Hall–Kier alpha value is -1.82. The number of pyridine rings is 2. The van der Waals surface area contributed by atoms with Crippen molar-refractivity contribution in [2.45, 2.75) is 38.5 Å². The Morgan fingerprint density at radius 3 is 2.92 bits per heavy atom. The molecule has 5 heteroatoms.